The number of aromatic nitrogens is 3. The van der Waals surface area contributed by atoms with Gasteiger partial charge in [-0.1, -0.05) is 18.2 Å². The Hall–Kier alpha value is -3.88. The summed E-state index contributed by atoms with van der Waals surface area (Å²) in [6.07, 6.45) is 2.79. The van der Waals surface area contributed by atoms with Crippen LogP contribution >= 0.6 is 11.3 Å². The summed E-state index contributed by atoms with van der Waals surface area (Å²) in [6, 6.07) is 6.93. The number of fused-ring (bicyclic) bond motifs is 2. The normalized spacial score (nSPS) is 21.7. The molecule has 0 amide bonds. The highest BCUT2D eigenvalue weighted by atomic mass is 32.1. The Labute approximate surface area is 260 Å². The average molecular weight is 645 g/mol. The van der Waals surface area contributed by atoms with Gasteiger partial charge < -0.3 is 14.3 Å². The number of oxazole rings is 1. The number of nitrogens with one attached hydrogen (secondary N) is 1. The minimum atomic E-state index is -2.64. The molecule has 4 atom stereocenters. The van der Waals surface area contributed by atoms with Gasteiger partial charge in [0.1, 0.15) is 28.5 Å². The molecule has 1 aromatic carbocycles. The Morgan fingerprint density at radius 2 is 1.93 bits per heavy atom. The number of aliphatic carboxylic acids is 1. The van der Waals surface area contributed by atoms with Gasteiger partial charge in [-0.15, -0.1) is 11.3 Å². The number of rotatable bonds is 10. The molecule has 3 heterocycles. The lowest BCUT2D eigenvalue weighted by Crippen LogP contribution is -2.52. The molecule has 2 N–H and O–H groups in total. The molecule has 0 radical (unpaired) electrons. The van der Waals surface area contributed by atoms with E-state index in [0.29, 0.717) is 39.4 Å². The van der Waals surface area contributed by atoms with Crippen molar-refractivity contribution >= 4 is 27.5 Å². The highest BCUT2D eigenvalue weighted by molar-refractivity contribution is 7.22. The van der Waals surface area contributed by atoms with Gasteiger partial charge in [-0.3, -0.25) is 14.2 Å². The zero-order chi connectivity index (χ0) is 32.3. The predicted octanol–water partition coefficient (Wildman–Crippen LogP) is 5.10. The fourth-order valence-corrected chi connectivity index (χ4v) is 8.01. The zero-order valence-corrected chi connectivity index (χ0v) is 26.0. The van der Waals surface area contributed by atoms with Crippen molar-refractivity contribution in [1.82, 2.24) is 19.6 Å². The van der Waals surface area contributed by atoms with Crippen molar-refractivity contribution in [3.8, 4) is 16.5 Å². The van der Waals surface area contributed by atoms with Crippen molar-refractivity contribution in [1.29, 1.82) is 0 Å². The van der Waals surface area contributed by atoms with E-state index in [4.69, 9.17) is 14.0 Å². The van der Waals surface area contributed by atoms with Gasteiger partial charge in [0.15, 0.2) is 0 Å². The van der Waals surface area contributed by atoms with E-state index in [-0.39, 0.29) is 48.5 Å². The molecule has 0 bridgehead atoms. The van der Waals surface area contributed by atoms with Crippen LogP contribution in [0.1, 0.15) is 56.8 Å². The van der Waals surface area contributed by atoms with Gasteiger partial charge in [-0.25, -0.2) is 27.9 Å². The van der Waals surface area contributed by atoms with Crippen molar-refractivity contribution in [3.05, 3.63) is 68.7 Å². The summed E-state index contributed by atoms with van der Waals surface area (Å²) in [5, 5.41) is 10.2. The van der Waals surface area contributed by atoms with Gasteiger partial charge in [0.25, 0.3) is 5.56 Å². The first-order valence-electron chi connectivity index (χ1n) is 14.7. The van der Waals surface area contributed by atoms with Crippen LogP contribution < -0.4 is 21.5 Å². The molecule has 2 aliphatic rings. The van der Waals surface area contributed by atoms with Gasteiger partial charge in [0.05, 0.1) is 30.1 Å². The van der Waals surface area contributed by atoms with Gasteiger partial charge in [-0.2, -0.15) is 5.48 Å². The number of thiophene rings is 1. The molecule has 0 aliphatic heterocycles. The van der Waals surface area contributed by atoms with E-state index in [2.05, 4.69) is 10.5 Å². The van der Waals surface area contributed by atoms with Gasteiger partial charge >= 0.3 is 11.7 Å². The molecule has 3 aromatic heterocycles. The Morgan fingerprint density at radius 3 is 2.56 bits per heavy atom. The quantitative estimate of drug-likeness (QED) is 0.226. The molecule has 0 spiro atoms. The molecule has 2 fully saturated rings. The molecule has 0 saturated heterocycles. The van der Waals surface area contributed by atoms with Gasteiger partial charge in [0, 0.05) is 24.4 Å². The topological polar surface area (TPSA) is 138 Å². The van der Waals surface area contributed by atoms with E-state index in [0.717, 1.165) is 15.9 Å². The maximum Gasteiger partial charge on any atom is 0.333 e. The fourth-order valence-electron chi connectivity index (χ4n) is 6.77. The number of nitrogens with zero attached hydrogens (tertiary/aromatic N) is 3. The van der Waals surface area contributed by atoms with E-state index in [1.807, 2.05) is 0 Å². The van der Waals surface area contributed by atoms with Crippen LogP contribution in [-0.2, 0) is 21.7 Å². The SMILES string of the molecule is COc1ccccc1C(Cn1c(=O)n(C(C)(C)C(=O)O)c(=O)c2c(C)c(-c3ncco3)sc21)ON[C@@H]1C[C@@H]2CC(F)(F)C[C@@H]2C1. The molecule has 2 saturated carbocycles. The summed E-state index contributed by atoms with van der Waals surface area (Å²) in [7, 11) is 1.51. The number of alkyl halides is 2. The van der Waals surface area contributed by atoms with Crippen molar-refractivity contribution in [2.24, 2.45) is 11.8 Å². The third kappa shape index (κ3) is 5.48. The fraction of sp³-hybridized carbons (Fsp3) is 0.484. The van der Waals surface area contributed by atoms with Crippen LogP contribution in [0.2, 0.25) is 0 Å². The highest BCUT2D eigenvalue weighted by Crippen LogP contribution is 2.51. The second kappa shape index (κ2) is 11.5. The third-order valence-corrected chi connectivity index (χ3v) is 10.4. The number of hydrogen-bond donors (Lipinski definition) is 2. The number of ether oxygens (including phenoxy) is 1. The maximum atomic E-state index is 14.2. The highest BCUT2D eigenvalue weighted by Gasteiger charge is 2.50. The van der Waals surface area contributed by atoms with E-state index >= 15 is 0 Å². The molecule has 2 aliphatic carbocycles. The Kier molecular flexibility index (Phi) is 7.94. The number of halogens is 2. The first-order valence-corrected chi connectivity index (χ1v) is 15.5. The summed E-state index contributed by atoms with van der Waals surface area (Å²) in [4.78, 5) is 51.7. The number of benzene rings is 1. The van der Waals surface area contributed by atoms with E-state index in [1.165, 1.54) is 38.0 Å². The molecular formula is C31H34F2N4O7S. The zero-order valence-electron chi connectivity index (χ0n) is 25.2. The number of hydroxylamine groups is 1. The molecule has 1 unspecified atom stereocenters. The number of methoxy groups -OCH3 is 1. The number of carboxylic acids is 1. The molecule has 14 heteroatoms. The van der Waals surface area contributed by atoms with E-state index < -0.39 is 34.8 Å². The predicted molar refractivity (Wildman–Crippen MR) is 162 cm³/mol. The molecular weight excluding hydrogens is 610 g/mol. The monoisotopic (exact) mass is 644 g/mol. The van der Waals surface area contributed by atoms with E-state index in [1.54, 1.807) is 31.2 Å². The Bertz CT molecular complexity index is 1850. The van der Waals surface area contributed by atoms with Gasteiger partial charge in [0.2, 0.25) is 11.8 Å². The summed E-state index contributed by atoms with van der Waals surface area (Å²) >= 11 is 1.13. The van der Waals surface area contributed by atoms with Crippen LogP contribution in [0.25, 0.3) is 21.0 Å². The molecule has 11 nitrogen and oxygen atoms in total. The third-order valence-electron chi connectivity index (χ3n) is 9.10. The van der Waals surface area contributed by atoms with Crippen molar-refractivity contribution in [2.75, 3.05) is 7.11 Å². The first kappa shape index (κ1) is 31.1. The van der Waals surface area contributed by atoms with Crippen LogP contribution in [0, 0.1) is 18.8 Å². The molecule has 45 heavy (non-hydrogen) atoms. The number of carbonyl (C=O) groups is 1. The van der Waals surface area contributed by atoms with Crippen LogP contribution in [0.15, 0.2) is 50.7 Å². The van der Waals surface area contributed by atoms with E-state index in [9.17, 15) is 28.3 Å². The van der Waals surface area contributed by atoms with Crippen molar-refractivity contribution in [3.63, 3.8) is 0 Å². The second-order valence-corrected chi connectivity index (χ2v) is 13.4. The average Bonchev–Trinajstić information content (AvgIpc) is 3.75. The minimum Gasteiger partial charge on any atom is -0.496 e. The Morgan fingerprint density at radius 1 is 1.24 bits per heavy atom. The molecule has 6 rings (SSSR count). The van der Waals surface area contributed by atoms with Crippen molar-refractivity contribution in [2.45, 2.75) is 76.6 Å². The van der Waals surface area contributed by atoms with Crippen LogP contribution in [0.3, 0.4) is 0 Å². The summed E-state index contributed by atoms with van der Waals surface area (Å²) in [6.45, 7) is 4.15. The molecule has 240 valence electrons. The standard InChI is InChI=1S/C31H34F2N4O7S/c1-16-23-26(38)37(30(2,3)28(39)40)29(41)36(27(23)45-24(16)25-34-9-10-43-25)15-22(20-7-5-6-8-21(20)42-4)44-35-19-11-17-13-31(32,33)14-18(17)12-19/h5-10,17-19,22,35H,11-15H2,1-4H3,(H,39,40)/t17-,18+,19-,22?. The lowest BCUT2D eigenvalue weighted by molar-refractivity contribution is -0.146. The van der Waals surface area contributed by atoms with Gasteiger partial charge in [-0.05, 0) is 57.1 Å². The summed E-state index contributed by atoms with van der Waals surface area (Å²) < 4.78 is 41.1. The first-order chi connectivity index (χ1) is 21.3. The number of para-hydroxylation sites is 1. The Balaban J connectivity index is 1.45. The van der Waals surface area contributed by atoms with Crippen LogP contribution in [0.5, 0.6) is 5.75 Å². The van der Waals surface area contributed by atoms with Crippen LogP contribution in [-0.4, -0.2) is 44.3 Å². The largest absolute Gasteiger partial charge is 0.496 e. The maximum absolute atomic E-state index is 14.2. The summed E-state index contributed by atoms with van der Waals surface area (Å²) in [5.74, 6) is -3.45. The smallest absolute Gasteiger partial charge is 0.333 e. The second-order valence-electron chi connectivity index (χ2n) is 12.4. The number of carboxylic acid groups (broad SMARTS) is 1. The minimum absolute atomic E-state index is 0.0995. The lowest BCUT2D eigenvalue weighted by atomic mass is 10.0. The lowest BCUT2D eigenvalue weighted by Gasteiger charge is -2.26. The summed E-state index contributed by atoms with van der Waals surface area (Å²) in [5.41, 5.74) is 0.714. The number of hydrogen-bond acceptors (Lipinski definition) is 9. The number of aryl methyl sites for hydroxylation is 1. The molecule has 4 aromatic rings. The van der Waals surface area contributed by atoms with Crippen LogP contribution in [0.4, 0.5) is 8.78 Å². The van der Waals surface area contributed by atoms with Crippen molar-refractivity contribution < 1.29 is 32.7 Å².